The van der Waals surface area contributed by atoms with E-state index >= 15 is 0 Å². The number of rotatable bonds is 5. The molecule has 0 saturated heterocycles. The van der Waals surface area contributed by atoms with Crippen molar-refractivity contribution in [3.05, 3.63) is 28.5 Å². The first kappa shape index (κ1) is 14.1. The molecule has 0 aliphatic rings. The van der Waals surface area contributed by atoms with Crippen molar-refractivity contribution in [2.75, 3.05) is 20.6 Å². The number of amides is 1. The Bertz CT molecular complexity index is 367. The molecule has 0 aliphatic heterocycles. The van der Waals surface area contributed by atoms with Gasteiger partial charge in [0.25, 0.3) is 0 Å². The van der Waals surface area contributed by atoms with Crippen LogP contribution in [0.5, 0.6) is 0 Å². The van der Waals surface area contributed by atoms with E-state index in [0.717, 1.165) is 23.3 Å². The van der Waals surface area contributed by atoms with Crippen LogP contribution in [0.4, 0.5) is 0 Å². The third kappa shape index (κ3) is 4.83. The van der Waals surface area contributed by atoms with Crippen molar-refractivity contribution < 1.29 is 4.79 Å². The van der Waals surface area contributed by atoms with Gasteiger partial charge in [-0.25, -0.2) is 0 Å². The van der Waals surface area contributed by atoms with Crippen LogP contribution in [0.2, 0.25) is 0 Å². The van der Waals surface area contributed by atoms with Crippen molar-refractivity contribution in [1.82, 2.24) is 15.2 Å². The molecule has 0 aromatic carbocycles. The molecule has 1 heterocycles. The fourth-order valence-electron chi connectivity index (χ4n) is 1.64. The second-order valence-corrected chi connectivity index (χ2v) is 5.10. The van der Waals surface area contributed by atoms with E-state index in [0.29, 0.717) is 0 Å². The number of pyridine rings is 1. The van der Waals surface area contributed by atoms with Crippen molar-refractivity contribution in [2.24, 2.45) is 5.92 Å². The zero-order chi connectivity index (χ0) is 12.8. The van der Waals surface area contributed by atoms with Crippen LogP contribution in [0, 0.1) is 5.92 Å². The zero-order valence-corrected chi connectivity index (χ0v) is 12.0. The molecule has 1 aromatic heterocycles. The highest BCUT2D eigenvalue weighted by Gasteiger charge is 2.13. The molecule has 17 heavy (non-hydrogen) atoms. The van der Waals surface area contributed by atoms with Crippen LogP contribution >= 0.6 is 15.9 Å². The van der Waals surface area contributed by atoms with Crippen molar-refractivity contribution in [2.45, 2.75) is 13.5 Å². The molecule has 0 aliphatic carbocycles. The molecule has 4 nitrogen and oxygen atoms in total. The molecule has 0 fully saturated rings. The number of hydrogen-bond donors (Lipinski definition) is 1. The number of hydrogen-bond acceptors (Lipinski definition) is 3. The Morgan fingerprint density at radius 2 is 2.29 bits per heavy atom. The summed E-state index contributed by atoms with van der Waals surface area (Å²) in [5, 5.41) is 2.65. The van der Waals surface area contributed by atoms with Crippen molar-refractivity contribution in [1.29, 1.82) is 0 Å². The van der Waals surface area contributed by atoms with Gasteiger partial charge >= 0.3 is 0 Å². The molecule has 1 atom stereocenters. The maximum atomic E-state index is 11.4. The number of nitrogens with one attached hydrogen (secondary N) is 1. The third-order valence-electron chi connectivity index (χ3n) is 2.50. The second-order valence-electron chi connectivity index (χ2n) is 4.18. The van der Waals surface area contributed by atoms with Gasteiger partial charge in [-0.1, -0.05) is 6.92 Å². The minimum Gasteiger partial charge on any atom is -0.359 e. The quantitative estimate of drug-likeness (QED) is 0.899. The average molecular weight is 300 g/mol. The van der Waals surface area contributed by atoms with Crippen molar-refractivity contribution in [3.8, 4) is 0 Å². The summed E-state index contributed by atoms with van der Waals surface area (Å²) in [6, 6.07) is 3.95. The fraction of sp³-hybridized carbons (Fsp3) is 0.500. The monoisotopic (exact) mass is 299 g/mol. The predicted octanol–water partition coefficient (Wildman–Crippen LogP) is 1.66. The smallest absolute Gasteiger partial charge is 0.223 e. The van der Waals surface area contributed by atoms with Gasteiger partial charge in [0.2, 0.25) is 5.91 Å². The SMILES string of the molecule is CNC(=O)C(C)CN(C)Cc1ccc(Br)cn1. The Morgan fingerprint density at radius 3 is 2.82 bits per heavy atom. The molecular formula is C12H18BrN3O. The van der Waals surface area contributed by atoms with E-state index in [-0.39, 0.29) is 11.8 Å². The Morgan fingerprint density at radius 1 is 1.59 bits per heavy atom. The highest BCUT2D eigenvalue weighted by atomic mass is 79.9. The van der Waals surface area contributed by atoms with Gasteiger partial charge in [-0.2, -0.15) is 0 Å². The van der Waals surface area contributed by atoms with Crippen LogP contribution in [-0.2, 0) is 11.3 Å². The van der Waals surface area contributed by atoms with E-state index in [2.05, 4.69) is 31.1 Å². The summed E-state index contributed by atoms with van der Waals surface area (Å²) in [7, 11) is 3.65. The molecule has 1 unspecified atom stereocenters. The van der Waals surface area contributed by atoms with Crippen LogP contribution < -0.4 is 5.32 Å². The summed E-state index contributed by atoms with van der Waals surface area (Å²) in [5.41, 5.74) is 1.000. The van der Waals surface area contributed by atoms with Crippen molar-refractivity contribution in [3.63, 3.8) is 0 Å². The van der Waals surface area contributed by atoms with Crippen LogP contribution in [0.15, 0.2) is 22.8 Å². The van der Waals surface area contributed by atoms with Crippen LogP contribution in [0.1, 0.15) is 12.6 Å². The summed E-state index contributed by atoms with van der Waals surface area (Å²) in [5.74, 6) is 0.0565. The van der Waals surface area contributed by atoms with Gasteiger partial charge in [-0.15, -0.1) is 0 Å². The lowest BCUT2D eigenvalue weighted by Crippen LogP contribution is -2.34. The van der Waals surface area contributed by atoms with E-state index in [9.17, 15) is 4.79 Å². The lowest BCUT2D eigenvalue weighted by Gasteiger charge is -2.19. The highest BCUT2D eigenvalue weighted by molar-refractivity contribution is 9.10. The van der Waals surface area contributed by atoms with E-state index in [1.165, 1.54) is 0 Å². The predicted molar refractivity (Wildman–Crippen MR) is 71.5 cm³/mol. The molecule has 5 heteroatoms. The lowest BCUT2D eigenvalue weighted by molar-refractivity contribution is -0.124. The number of carbonyl (C=O) groups is 1. The molecule has 1 aromatic rings. The maximum Gasteiger partial charge on any atom is 0.223 e. The normalized spacial score (nSPS) is 12.5. The van der Waals surface area contributed by atoms with Crippen LogP contribution in [0.25, 0.3) is 0 Å². The van der Waals surface area contributed by atoms with Gasteiger partial charge < -0.3 is 5.32 Å². The Balaban J connectivity index is 2.46. The third-order valence-corrected chi connectivity index (χ3v) is 2.97. The largest absolute Gasteiger partial charge is 0.359 e. The minimum atomic E-state index is -0.0135. The molecule has 1 N–H and O–H groups in total. The van der Waals surface area contributed by atoms with E-state index in [4.69, 9.17) is 0 Å². The van der Waals surface area contributed by atoms with Crippen molar-refractivity contribution >= 4 is 21.8 Å². The molecule has 0 bridgehead atoms. The highest BCUT2D eigenvalue weighted by Crippen LogP contribution is 2.09. The average Bonchev–Trinajstić information content (AvgIpc) is 2.30. The Labute approximate surface area is 111 Å². The second kappa shape index (κ2) is 6.71. The summed E-state index contributed by atoms with van der Waals surface area (Å²) >= 11 is 3.35. The summed E-state index contributed by atoms with van der Waals surface area (Å²) in [6.07, 6.45) is 1.78. The first-order chi connectivity index (χ1) is 8.02. The molecule has 94 valence electrons. The van der Waals surface area contributed by atoms with Crippen LogP contribution in [-0.4, -0.2) is 36.4 Å². The van der Waals surface area contributed by atoms with Gasteiger partial charge in [0.15, 0.2) is 0 Å². The zero-order valence-electron chi connectivity index (χ0n) is 10.4. The van der Waals surface area contributed by atoms with E-state index < -0.39 is 0 Å². The fourth-order valence-corrected chi connectivity index (χ4v) is 1.87. The first-order valence-electron chi connectivity index (χ1n) is 5.53. The number of nitrogens with zero attached hydrogens (tertiary/aromatic N) is 2. The molecule has 0 saturated carbocycles. The lowest BCUT2D eigenvalue weighted by atomic mass is 10.1. The summed E-state index contributed by atoms with van der Waals surface area (Å²) in [6.45, 7) is 3.39. The number of aromatic nitrogens is 1. The summed E-state index contributed by atoms with van der Waals surface area (Å²) < 4.78 is 0.975. The number of carbonyl (C=O) groups excluding carboxylic acids is 1. The minimum absolute atomic E-state index is 0.0135. The van der Waals surface area contributed by atoms with Gasteiger partial charge in [0.05, 0.1) is 5.69 Å². The van der Waals surface area contributed by atoms with E-state index in [1.54, 1.807) is 13.2 Å². The Hall–Kier alpha value is -0.940. The molecule has 0 spiro atoms. The van der Waals surface area contributed by atoms with Gasteiger partial charge in [-0.3, -0.25) is 14.7 Å². The molecule has 1 rings (SSSR count). The van der Waals surface area contributed by atoms with E-state index in [1.807, 2.05) is 26.1 Å². The first-order valence-corrected chi connectivity index (χ1v) is 6.32. The topological polar surface area (TPSA) is 45.2 Å². The van der Waals surface area contributed by atoms with Crippen LogP contribution in [0.3, 0.4) is 0 Å². The molecule has 1 amide bonds. The maximum absolute atomic E-state index is 11.4. The molecular weight excluding hydrogens is 282 g/mol. The molecule has 0 radical (unpaired) electrons. The Kier molecular flexibility index (Phi) is 5.58. The van der Waals surface area contributed by atoms with Gasteiger partial charge in [0.1, 0.15) is 0 Å². The van der Waals surface area contributed by atoms with Gasteiger partial charge in [-0.05, 0) is 35.1 Å². The van der Waals surface area contributed by atoms with Gasteiger partial charge in [0, 0.05) is 36.7 Å². The number of halogens is 1. The standard InChI is InChI=1S/C12H18BrN3O/c1-9(12(17)14-2)7-16(3)8-11-5-4-10(13)6-15-11/h4-6,9H,7-8H2,1-3H3,(H,14,17). The summed E-state index contributed by atoms with van der Waals surface area (Å²) in [4.78, 5) is 17.8.